The molecule has 1 saturated carbocycles. The molecule has 0 heterocycles. The van der Waals surface area contributed by atoms with Crippen LogP contribution in [0.3, 0.4) is 0 Å². The van der Waals surface area contributed by atoms with E-state index in [1.165, 1.54) is 19.3 Å². The summed E-state index contributed by atoms with van der Waals surface area (Å²) in [6.07, 6.45) is 4.26. The largest absolute Gasteiger partial charge is 0.377 e. The van der Waals surface area contributed by atoms with E-state index < -0.39 is 0 Å². The molecule has 2 nitrogen and oxygen atoms in total. The first kappa shape index (κ1) is 12.0. The van der Waals surface area contributed by atoms with Crippen molar-refractivity contribution in [3.05, 3.63) is 0 Å². The maximum Gasteiger partial charge on any atom is 0.0733 e. The van der Waals surface area contributed by atoms with E-state index in [-0.39, 0.29) is 0 Å². The Morgan fingerprint density at radius 2 is 2.07 bits per heavy atom. The second-order valence-corrected chi connectivity index (χ2v) is 4.91. The van der Waals surface area contributed by atoms with Crippen LogP contribution < -0.4 is 5.32 Å². The van der Waals surface area contributed by atoms with Crippen LogP contribution in [-0.4, -0.2) is 25.3 Å². The van der Waals surface area contributed by atoms with Gasteiger partial charge in [-0.3, -0.25) is 0 Å². The zero-order valence-electron chi connectivity index (χ0n) is 10.1. The van der Waals surface area contributed by atoms with Crippen LogP contribution in [-0.2, 0) is 4.74 Å². The summed E-state index contributed by atoms with van der Waals surface area (Å²) in [5.41, 5.74) is 0.383. The normalized spacial score (nSPS) is 31.7. The molecule has 1 fully saturated rings. The molecule has 1 aliphatic carbocycles. The number of hydrogen-bond acceptors (Lipinski definition) is 2. The average Bonchev–Trinajstić information content (AvgIpc) is 2.11. The summed E-state index contributed by atoms with van der Waals surface area (Å²) in [5, 5.41) is 3.58. The Morgan fingerprint density at radius 3 is 2.64 bits per heavy atom. The molecule has 0 aromatic heterocycles. The van der Waals surface area contributed by atoms with Crippen molar-refractivity contribution >= 4 is 0 Å². The number of ether oxygens (including phenoxy) is 1. The molecule has 84 valence electrons. The standard InChI is InChI=1S/C12H25NO/c1-5-13-11-10(14-6-2)8-7-9-12(11,3)4/h10-11,13H,5-9H2,1-4H3. The van der Waals surface area contributed by atoms with Crippen molar-refractivity contribution in [1.29, 1.82) is 0 Å². The third-order valence-corrected chi connectivity index (χ3v) is 3.33. The Kier molecular flexibility index (Phi) is 4.39. The lowest BCUT2D eigenvalue weighted by Gasteiger charge is -2.44. The Balaban J connectivity index is 2.63. The van der Waals surface area contributed by atoms with Crippen molar-refractivity contribution in [2.75, 3.05) is 13.2 Å². The highest BCUT2D eigenvalue weighted by Crippen LogP contribution is 2.36. The first-order valence-electron chi connectivity index (χ1n) is 5.96. The zero-order valence-corrected chi connectivity index (χ0v) is 10.1. The van der Waals surface area contributed by atoms with Crippen LogP contribution >= 0.6 is 0 Å². The SMILES string of the molecule is CCNC1C(OCC)CCCC1(C)C. The summed E-state index contributed by atoms with van der Waals surface area (Å²) in [7, 11) is 0. The Bertz CT molecular complexity index is 166. The molecule has 2 atom stereocenters. The van der Waals surface area contributed by atoms with Crippen molar-refractivity contribution in [2.24, 2.45) is 5.41 Å². The maximum atomic E-state index is 5.82. The fraction of sp³-hybridized carbons (Fsp3) is 1.00. The predicted molar refractivity (Wildman–Crippen MR) is 60.5 cm³/mol. The van der Waals surface area contributed by atoms with E-state index in [2.05, 4.69) is 33.0 Å². The summed E-state index contributed by atoms with van der Waals surface area (Å²) < 4.78 is 5.82. The van der Waals surface area contributed by atoms with Crippen LogP contribution in [0.4, 0.5) is 0 Å². The van der Waals surface area contributed by atoms with Gasteiger partial charge in [0.1, 0.15) is 0 Å². The molecule has 0 aromatic carbocycles. The van der Waals surface area contributed by atoms with Gasteiger partial charge in [0.05, 0.1) is 6.10 Å². The fourth-order valence-corrected chi connectivity index (χ4v) is 2.61. The van der Waals surface area contributed by atoms with Gasteiger partial charge < -0.3 is 10.1 Å². The maximum absolute atomic E-state index is 5.82. The topological polar surface area (TPSA) is 21.3 Å². The van der Waals surface area contributed by atoms with E-state index in [1.54, 1.807) is 0 Å². The van der Waals surface area contributed by atoms with Crippen LogP contribution in [0.2, 0.25) is 0 Å². The third-order valence-electron chi connectivity index (χ3n) is 3.33. The Labute approximate surface area is 88.4 Å². The lowest BCUT2D eigenvalue weighted by Crippen LogP contribution is -2.53. The molecule has 0 aromatic rings. The number of nitrogens with one attached hydrogen (secondary N) is 1. The van der Waals surface area contributed by atoms with E-state index in [1.807, 2.05) is 0 Å². The third kappa shape index (κ3) is 2.71. The van der Waals surface area contributed by atoms with E-state index >= 15 is 0 Å². The van der Waals surface area contributed by atoms with Gasteiger partial charge in [-0.2, -0.15) is 0 Å². The van der Waals surface area contributed by atoms with E-state index in [0.717, 1.165) is 13.2 Å². The monoisotopic (exact) mass is 199 g/mol. The van der Waals surface area contributed by atoms with Gasteiger partial charge in [-0.15, -0.1) is 0 Å². The quantitative estimate of drug-likeness (QED) is 0.751. The van der Waals surface area contributed by atoms with Crippen LogP contribution in [0.15, 0.2) is 0 Å². The predicted octanol–water partition coefficient (Wildman–Crippen LogP) is 2.58. The fourth-order valence-electron chi connectivity index (χ4n) is 2.61. The minimum atomic E-state index is 0.383. The number of rotatable bonds is 4. The molecular formula is C12H25NO. The van der Waals surface area contributed by atoms with Crippen LogP contribution in [0.25, 0.3) is 0 Å². The van der Waals surface area contributed by atoms with E-state index in [9.17, 15) is 0 Å². The molecule has 0 spiro atoms. The summed E-state index contributed by atoms with van der Waals surface area (Å²) in [5.74, 6) is 0. The molecule has 2 heteroatoms. The molecule has 14 heavy (non-hydrogen) atoms. The zero-order chi connectivity index (χ0) is 10.6. The van der Waals surface area contributed by atoms with Gasteiger partial charge in [0.15, 0.2) is 0 Å². The molecule has 0 radical (unpaired) electrons. The van der Waals surface area contributed by atoms with Gasteiger partial charge in [0, 0.05) is 12.6 Å². The van der Waals surface area contributed by atoms with Crippen LogP contribution in [0.5, 0.6) is 0 Å². The molecule has 0 amide bonds. The first-order chi connectivity index (χ1) is 6.61. The van der Waals surface area contributed by atoms with E-state index in [4.69, 9.17) is 4.74 Å². The molecular weight excluding hydrogens is 174 g/mol. The van der Waals surface area contributed by atoms with Gasteiger partial charge in [-0.05, 0) is 31.7 Å². The van der Waals surface area contributed by atoms with Crippen LogP contribution in [0.1, 0.15) is 47.0 Å². The highest BCUT2D eigenvalue weighted by molar-refractivity contribution is 4.94. The van der Waals surface area contributed by atoms with Gasteiger partial charge >= 0.3 is 0 Å². The summed E-state index contributed by atoms with van der Waals surface area (Å²) in [4.78, 5) is 0. The highest BCUT2D eigenvalue weighted by atomic mass is 16.5. The number of likely N-dealkylation sites (N-methyl/N-ethyl adjacent to an activating group) is 1. The molecule has 1 rings (SSSR count). The first-order valence-corrected chi connectivity index (χ1v) is 5.96. The molecule has 2 unspecified atom stereocenters. The highest BCUT2D eigenvalue weighted by Gasteiger charge is 2.38. The Hall–Kier alpha value is -0.0800. The lowest BCUT2D eigenvalue weighted by molar-refractivity contribution is -0.0316. The van der Waals surface area contributed by atoms with Gasteiger partial charge in [0.25, 0.3) is 0 Å². The van der Waals surface area contributed by atoms with Gasteiger partial charge in [0.2, 0.25) is 0 Å². The lowest BCUT2D eigenvalue weighted by atomic mass is 9.71. The molecule has 0 aliphatic heterocycles. The summed E-state index contributed by atoms with van der Waals surface area (Å²) in [6, 6.07) is 0.529. The van der Waals surface area contributed by atoms with Crippen LogP contribution in [0, 0.1) is 5.41 Å². The second kappa shape index (κ2) is 5.13. The van der Waals surface area contributed by atoms with Gasteiger partial charge in [-0.1, -0.05) is 27.2 Å². The molecule has 0 bridgehead atoms. The number of hydrogen-bond donors (Lipinski definition) is 1. The Morgan fingerprint density at radius 1 is 1.36 bits per heavy atom. The van der Waals surface area contributed by atoms with Gasteiger partial charge in [-0.25, -0.2) is 0 Å². The van der Waals surface area contributed by atoms with Crippen molar-refractivity contribution in [2.45, 2.75) is 59.1 Å². The van der Waals surface area contributed by atoms with Crippen molar-refractivity contribution < 1.29 is 4.74 Å². The minimum absolute atomic E-state index is 0.383. The van der Waals surface area contributed by atoms with Crippen molar-refractivity contribution in [3.8, 4) is 0 Å². The summed E-state index contributed by atoms with van der Waals surface area (Å²) >= 11 is 0. The smallest absolute Gasteiger partial charge is 0.0733 e. The van der Waals surface area contributed by atoms with Crippen molar-refractivity contribution in [3.63, 3.8) is 0 Å². The second-order valence-electron chi connectivity index (χ2n) is 4.91. The molecule has 0 saturated heterocycles. The summed E-state index contributed by atoms with van der Waals surface area (Å²) in [6.45, 7) is 10.8. The van der Waals surface area contributed by atoms with E-state index in [0.29, 0.717) is 17.6 Å². The van der Waals surface area contributed by atoms with Crippen molar-refractivity contribution in [1.82, 2.24) is 5.32 Å². The molecule has 1 N–H and O–H groups in total. The minimum Gasteiger partial charge on any atom is -0.377 e. The average molecular weight is 199 g/mol. The molecule has 1 aliphatic rings.